The molecule has 0 spiro atoms. The molecular formula is C21H19FN4O4. The Morgan fingerprint density at radius 3 is 2.87 bits per heavy atom. The second kappa shape index (κ2) is 7.86. The summed E-state index contributed by atoms with van der Waals surface area (Å²) in [7, 11) is 1.48. The highest BCUT2D eigenvalue weighted by atomic mass is 19.1. The predicted octanol–water partition coefficient (Wildman–Crippen LogP) is 2.36. The van der Waals surface area contributed by atoms with E-state index in [9.17, 15) is 14.0 Å². The van der Waals surface area contributed by atoms with Crippen molar-refractivity contribution in [3.8, 4) is 17.2 Å². The molecule has 0 saturated heterocycles. The van der Waals surface area contributed by atoms with Gasteiger partial charge in [0.15, 0.2) is 18.1 Å². The Hall–Kier alpha value is -3.88. The van der Waals surface area contributed by atoms with Gasteiger partial charge in [-0.15, -0.1) is 0 Å². The first-order chi connectivity index (χ1) is 14.5. The Bertz CT molecular complexity index is 1130. The zero-order valence-electron chi connectivity index (χ0n) is 16.1. The lowest BCUT2D eigenvalue weighted by Crippen LogP contribution is -2.25. The van der Waals surface area contributed by atoms with E-state index in [4.69, 9.17) is 15.2 Å². The number of nitrogens with zero attached hydrogens (tertiary/aromatic N) is 2. The molecule has 0 bridgehead atoms. The number of fused-ring (bicyclic) bond motifs is 1. The largest absolute Gasteiger partial charge is 0.493 e. The van der Waals surface area contributed by atoms with Crippen molar-refractivity contribution in [3.05, 3.63) is 65.9 Å². The van der Waals surface area contributed by atoms with Crippen LogP contribution in [-0.2, 0) is 9.59 Å². The van der Waals surface area contributed by atoms with Gasteiger partial charge in [-0.25, -0.2) is 9.37 Å². The summed E-state index contributed by atoms with van der Waals surface area (Å²) >= 11 is 0. The number of primary amides is 1. The van der Waals surface area contributed by atoms with Gasteiger partial charge in [-0.3, -0.25) is 14.2 Å². The summed E-state index contributed by atoms with van der Waals surface area (Å²) in [5.74, 6) is -0.226. The molecule has 0 aliphatic carbocycles. The van der Waals surface area contributed by atoms with Crippen LogP contribution in [0.3, 0.4) is 0 Å². The van der Waals surface area contributed by atoms with Crippen LogP contribution in [0.25, 0.3) is 5.69 Å². The van der Waals surface area contributed by atoms with Crippen molar-refractivity contribution in [2.45, 2.75) is 12.3 Å². The van der Waals surface area contributed by atoms with Gasteiger partial charge < -0.3 is 20.5 Å². The maximum Gasteiger partial charge on any atom is 0.255 e. The summed E-state index contributed by atoms with van der Waals surface area (Å²) in [5, 5.41) is 2.83. The zero-order chi connectivity index (χ0) is 21.3. The molecule has 1 aliphatic heterocycles. The number of ether oxygens (including phenoxy) is 2. The molecule has 2 amide bonds. The van der Waals surface area contributed by atoms with Gasteiger partial charge in [0.25, 0.3) is 5.91 Å². The Balaban J connectivity index is 1.72. The first-order valence-electron chi connectivity index (χ1n) is 9.18. The highest BCUT2D eigenvalue weighted by molar-refractivity contribution is 5.94. The van der Waals surface area contributed by atoms with Crippen LogP contribution >= 0.6 is 0 Å². The number of benzene rings is 2. The fraction of sp³-hybridized carbons (Fsp3) is 0.190. The zero-order valence-corrected chi connectivity index (χ0v) is 16.1. The fourth-order valence-electron chi connectivity index (χ4n) is 3.47. The molecule has 154 valence electrons. The first-order valence-corrected chi connectivity index (χ1v) is 9.18. The number of imidazole rings is 1. The molecule has 2 aromatic carbocycles. The van der Waals surface area contributed by atoms with Gasteiger partial charge in [0.05, 0.1) is 18.5 Å². The second-order valence-electron chi connectivity index (χ2n) is 6.80. The van der Waals surface area contributed by atoms with E-state index in [2.05, 4.69) is 10.3 Å². The van der Waals surface area contributed by atoms with E-state index in [1.54, 1.807) is 41.2 Å². The van der Waals surface area contributed by atoms with Gasteiger partial charge in [0.1, 0.15) is 18.0 Å². The number of anilines is 1. The monoisotopic (exact) mass is 410 g/mol. The SMILES string of the molecule is COc1cc([C@H]2CC(=O)Nc3c2ncn3-c2cccc(F)c2)ccc1OCC(N)=O. The Morgan fingerprint density at radius 1 is 1.30 bits per heavy atom. The van der Waals surface area contributed by atoms with Gasteiger partial charge in [-0.2, -0.15) is 0 Å². The molecule has 1 aliphatic rings. The number of methoxy groups -OCH3 is 1. The maximum absolute atomic E-state index is 13.7. The number of carbonyl (C=O) groups is 2. The minimum Gasteiger partial charge on any atom is -0.493 e. The van der Waals surface area contributed by atoms with Crippen LogP contribution in [0, 0.1) is 5.82 Å². The molecule has 0 unspecified atom stereocenters. The van der Waals surface area contributed by atoms with Crippen molar-refractivity contribution in [3.63, 3.8) is 0 Å². The second-order valence-corrected chi connectivity index (χ2v) is 6.80. The van der Waals surface area contributed by atoms with Crippen molar-refractivity contribution in [1.29, 1.82) is 0 Å². The molecule has 2 heterocycles. The number of nitrogens with two attached hydrogens (primary N) is 1. The van der Waals surface area contributed by atoms with Crippen LogP contribution in [0.2, 0.25) is 0 Å². The molecule has 4 rings (SSSR count). The Labute approximate surface area is 171 Å². The summed E-state index contributed by atoms with van der Waals surface area (Å²) in [6.07, 6.45) is 1.75. The van der Waals surface area contributed by atoms with E-state index in [1.807, 2.05) is 0 Å². The minimum absolute atomic E-state index is 0.182. The topological polar surface area (TPSA) is 108 Å². The molecule has 0 fully saturated rings. The average molecular weight is 410 g/mol. The van der Waals surface area contributed by atoms with Crippen LogP contribution in [0.15, 0.2) is 48.8 Å². The molecule has 3 N–H and O–H groups in total. The lowest BCUT2D eigenvalue weighted by Gasteiger charge is -2.24. The van der Waals surface area contributed by atoms with Crippen LogP contribution in [0.1, 0.15) is 23.6 Å². The van der Waals surface area contributed by atoms with Crippen LogP contribution in [0.5, 0.6) is 11.5 Å². The smallest absolute Gasteiger partial charge is 0.255 e. The summed E-state index contributed by atoms with van der Waals surface area (Å²) < 4.78 is 26.0. The number of aromatic nitrogens is 2. The van der Waals surface area contributed by atoms with E-state index in [0.29, 0.717) is 28.7 Å². The maximum atomic E-state index is 13.7. The summed E-state index contributed by atoms with van der Waals surface area (Å²) in [6, 6.07) is 11.2. The van der Waals surface area contributed by atoms with Gasteiger partial charge in [-0.1, -0.05) is 12.1 Å². The number of hydrogen-bond acceptors (Lipinski definition) is 5. The van der Waals surface area contributed by atoms with E-state index >= 15 is 0 Å². The van der Waals surface area contributed by atoms with E-state index in [-0.39, 0.29) is 30.7 Å². The van der Waals surface area contributed by atoms with Crippen molar-refractivity contribution < 1.29 is 23.5 Å². The number of amides is 2. The van der Waals surface area contributed by atoms with Gasteiger partial charge in [0, 0.05) is 12.3 Å². The summed E-state index contributed by atoms with van der Waals surface area (Å²) in [4.78, 5) is 27.9. The van der Waals surface area contributed by atoms with Gasteiger partial charge >= 0.3 is 0 Å². The van der Waals surface area contributed by atoms with Crippen molar-refractivity contribution >= 4 is 17.6 Å². The molecule has 8 nitrogen and oxygen atoms in total. The molecule has 1 aromatic heterocycles. The standard InChI is InChI=1S/C21H19FN4O4/c1-29-17-7-12(5-6-16(17)30-10-18(23)27)15-9-19(28)25-21-20(15)24-11-26(21)14-4-2-3-13(22)8-14/h2-8,11,15H,9-10H2,1H3,(H2,23,27)(H,25,28)/t15-/m1/s1. The predicted molar refractivity (Wildman–Crippen MR) is 106 cm³/mol. The molecule has 30 heavy (non-hydrogen) atoms. The molecule has 1 atom stereocenters. The Kier molecular flexibility index (Phi) is 5.09. The third-order valence-corrected chi connectivity index (χ3v) is 4.82. The summed E-state index contributed by atoms with van der Waals surface area (Å²) in [5.41, 5.74) is 7.13. The molecule has 9 heteroatoms. The number of halogens is 1. The molecule has 0 saturated carbocycles. The quantitative estimate of drug-likeness (QED) is 0.649. The van der Waals surface area contributed by atoms with E-state index in [1.165, 1.54) is 19.2 Å². The third-order valence-electron chi connectivity index (χ3n) is 4.82. The average Bonchev–Trinajstić information content (AvgIpc) is 3.15. The lowest BCUT2D eigenvalue weighted by atomic mass is 9.89. The van der Waals surface area contributed by atoms with Gasteiger partial charge in [0.2, 0.25) is 5.91 Å². The third kappa shape index (κ3) is 3.69. The number of rotatable bonds is 6. The van der Waals surface area contributed by atoms with Crippen LogP contribution in [0.4, 0.5) is 10.2 Å². The highest BCUT2D eigenvalue weighted by Gasteiger charge is 2.31. The normalized spacial score (nSPS) is 15.3. The van der Waals surface area contributed by atoms with Crippen molar-refractivity contribution in [2.24, 2.45) is 5.73 Å². The highest BCUT2D eigenvalue weighted by Crippen LogP contribution is 2.40. The number of nitrogens with one attached hydrogen (secondary N) is 1. The molecule has 3 aromatic rings. The lowest BCUT2D eigenvalue weighted by molar-refractivity contribution is -0.120. The van der Waals surface area contributed by atoms with Crippen molar-refractivity contribution in [2.75, 3.05) is 19.0 Å². The number of carbonyl (C=O) groups excluding carboxylic acids is 2. The first kappa shape index (κ1) is 19.4. The van der Waals surface area contributed by atoms with Crippen molar-refractivity contribution in [1.82, 2.24) is 9.55 Å². The van der Waals surface area contributed by atoms with E-state index < -0.39 is 5.91 Å². The number of hydrogen-bond donors (Lipinski definition) is 2. The fourth-order valence-corrected chi connectivity index (χ4v) is 3.47. The molecule has 0 radical (unpaired) electrons. The summed E-state index contributed by atoms with van der Waals surface area (Å²) in [6.45, 7) is -0.274. The molecular weight excluding hydrogens is 391 g/mol. The van der Waals surface area contributed by atoms with Crippen LogP contribution < -0.4 is 20.5 Å². The van der Waals surface area contributed by atoms with E-state index in [0.717, 1.165) is 5.56 Å². The van der Waals surface area contributed by atoms with Crippen LogP contribution in [-0.4, -0.2) is 35.1 Å². The Morgan fingerprint density at radius 2 is 2.13 bits per heavy atom. The minimum atomic E-state index is -0.599. The van der Waals surface area contributed by atoms with Gasteiger partial charge in [-0.05, 0) is 35.9 Å².